The van der Waals surface area contributed by atoms with E-state index in [0.29, 0.717) is 29.7 Å². The number of aliphatic imine (C=N–C) groups is 1. The number of amides is 1. The molecule has 0 saturated carbocycles. The Kier molecular flexibility index (Phi) is 13.1. The van der Waals surface area contributed by atoms with Crippen molar-refractivity contribution in [2.45, 2.75) is 33.2 Å². The number of ketones is 1. The van der Waals surface area contributed by atoms with Crippen LogP contribution in [-0.4, -0.2) is 78.1 Å². The number of hydroxylamine groups is 2. The van der Waals surface area contributed by atoms with Crippen LogP contribution in [0, 0.1) is 5.92 Å². The van der Waals surface area contributed by atoms with Crippen molar-refractivity contribution in [2.75, 3.05) is 32.0 Å². The van der Waals surface area contributed by atoms with E-state index in [2.05, 4.69) is 19.4 Å². The Morgan fingerprint density at radius 2 is 1.90 bits per heavy atom. The number of nitrogens with zero attached hydrogens (tertiary/aromatic N) is 4. The van der Waals surface area contributed by atoms with Gasteiger partial charge in [0.2, 0.25) is 0 Å². The van der Waals surface area contributed by atoms with Crippen LogP contribution in [0.25, 0.3) is 0 Å². The van der Waals surface area contributed by atoms with E-state index in [4.69, 9.17) is 31.3 Å². The highest BCUT2D eigenvalue weighted by molar-refractivity contribution is 7.80. The van der Waals surface area contributed by atoms with E-state index in [1.54, 1.807) is 24.3 Å². The average Bonchev–Trinajstić information content (AvgIpc) is 3.31. The van der Waals surface area contributed by atoms with Crippen molar-refractivity contribution in [2.24, 2.45) is 27.5 Å². The maximum absolute atomic E-state index is 13.1. The molecule has 2 heterocycles. The number of rotatable bonds is 14. The van der Waals surface area contributed by atoms with E-state index in [9.17, 15) is 18.0 Å². The number of anilines is 1. The second-order valence-electron chi connectivity index (χ2n) is 8.74. The van der Waals surface area contributed by atoms with Gasteiger partial charge in [-0.15, -0.1) is 15.6 Å². The normalized spacial score (nSPS) is 16.7. The number of thiazole rings is 1. The fraction of sp³-hybridized carbons (Fsp3) is 0.435. The summed E-state index contributed by atoms with van der Waals surface area (Å²) in [7, 11) is -4.92. The minimum atomic E-state index is -4.92. The van der Waals surface area contributed by atoms with Crippen LogP contribution in [0.3, 0.4) is 0 Å². The third-order valence-electron chi connectivity index (χ3n) is 5.62. The summed E-state index contributed by atoms with van der Waals surface area (Å²) in [6.45, 7) is 3.86. The van der Waals surface area contributed by atoms with E-state index >= 15 is 0 Å². The molecule has 228 valence electrons. The number of benzene rings is 1. The Labute approximate surface area is 249 Å². The number of nitrogens with two attached hydrogens (primary N) is 3. The Morgan fingerprint density at radius 1 is 1.24 bits per heavy atom. The standard InChI is InChI=1S/C22H29N7O8S2.CH4.H2S/c1-22(2)15(20(31)29(22)37-39(32,33)34)11-17(30)18(16-12-38-21(25)27-16)28-36-10-9-35-14-5-3-13(4-6-14)19(24)26-8-7-23;;/h3-6,12,15H,7-11,23H2,1-2H3,(H2,24,26)(H2,25,27)(H,32,33,34);1H4;1H2/b28-18-;;. The quantitative estimate of drug-likeness (QED) is 0.0566. The molecule has 1 saturated heterocycles. The van der Waals surface area contributed by atoms with Gasteiger partial charge in [-0.05, 0) is 38.1 Å². The molecule has 3 rings (SSSR count). The summed E-state index contributed by atoms with van der Waals surface area (Å²) >= 11 is 1.08. The molecular weight excluding hydrogens is 598 g/mol. The summed E-state index contributed by atoms with van der Waals surface area (Å²) in [5, 5.41) is 6.11. The molecule has 1 aromatic heterocycles. The number of carbonyl (C=O) groups is 2. The zero-order valence-corrected chi connectivity index (χ0v) is 24.3. The number of oxime groups is 1. The molecule has 1 fully saturated rings. The number of nitrogen functional groups attached to an aromatic ring is 1. The number of aromatic nitrogens is 1. The van der Waals surface area contributed by atoms with Gasteiger partial charge in [0.25, 0.3) is 5.91 Å². The smallest absolute Gasteiger partial charge is 0.418 e. The van der Waals surface area contributed by atoms with Crippen molar-refractivity contribution >= 4 is 63.6 Å². The predicted molar refractivity (Wildman–Crippen MR) is 159 cm³/mol. The van der Waals surface area contributed by atoms with Crippen molar-refractivity contribution in [3.05, 3.63) is 40.9 Å². The number of amidine groups is 1. The first-order chi connectivity index (χ1) is 18.3. The zero-order valence-electron chi connectivity index (χ0n) is 21.6. The fourth-order valence-corrected chi connectivity index (χ4v) is 4.59. The molecule has 0 radical (unpaired) electrons. The van der Waals surface area contributed by atoms with Crippen LogP contribution < -0.4 is 21.9 Å². The Balaban J connectivity index is 0.00000420. The summed E-state index contributed by atoms with van der Waals surface area (Å²) < 4.78 is 40.9. The Hall–Kier alpha value is -3.29. The van der Waals surface area contributed by atoms with Gasteiger partial charge < -0.3 is 26.8 Å². The largest absolute Gasteiger partial charge is 0.490 e. The molecule has 1 amide bonds. The predicted octanol–water partition coefficient (Wildman–Crippen LogP) is 0.869. The minimum Gasteiger partial charge on any atom is -0.490 e. The molecule has 7 N–H and O–H groups in total. The average molecular weight is 634 g/mol. The van der Waals surface area contributed by atoms with Gasteiger partial charge in [0.05, 0.1) is 18.0 Å². The maximum atomic E-state index is 13.1. The van der Waals surface area contributed by atoms with Crippen LogP contribution in [0.5, 0.6) is 5.75 Å². The molecule has 2 aromatic rings. The van der Waals surface area contributed by atoms with Crippen molar-refractivity contribution < 1.29 is 36.4 Å². The molecule has 0 bridgehead atoms. The summed E-state index contributed by atoms with van der Waals surface area (Å²) in [6.07, 6.45) is -0.350. The van der Waals surface area contributed by atoms with Crippen molar-refractivity contribution in [3.8, 4) is 5.75 Å². The number of carbonyl (C=O) groups excluding carboxylic acids is 2. The van der Waals surface area contributed by atoms with Gasteiger partial charge in [-0.25, -0.2) is 4.98 Å². The van der Waals surface area contributed by atoms with Crippen LogP contribution in [0.1, 0.15) is 39.0 Å². The Bertz CT molecular complexity index is 1360. The number of ether oxygens (including phenoxy) is 1. The lowest BCUT2D eigenvalue weighted by Crippen LogP contribution is -2.68. The van der Waals surface area contributed by atoms with E-state index in [-0.39, 0.29) is 57.1 Å². The lowest BCUT2D eigenvalue weighted by molar-refractivity contribution is -0.228. The zero-order chi connectivity index (χ0) is 28.8. The summed E-state index contributed by atoms with van der Waals surface area (Å²) in [5.74, 6) is -1.42. The van der Waals surface area contributed by atoms with Crippen LogP contribution in [0.15, 0.2) is 39.8 Å². The minimum absolute atomic E-state index is 0. The van der Waals surface area contributed by atoms with Gasteiger partial charge in [-0.2, -0.15) is 27.0 Å². The molecular formula is C23H35N7O8S3. The highest BCUT2D eigenvalue weighted by atomic mass is 32.3. The van der Waals surface area contributed by atoms with E-state index in [1.165, 1.54) is 19.2 Å². The van der Waals surface area contributed by atoms with Gasteiger partial charge in [-0.3, -0.25) is 19.1 Å². The van der Waals surface area contributed by atoms with Gasteiger partial charge in [-0.1, -0.05) is 12.6 Å². The molecule has 1 unspecified atom stereocenters. The van der Waals surface area contributed by atoms with Crippen molar-refractivity contribution in [1.29, 1.82) is 0 Å². The third-order valence-corrected chi connectivity index (χ3v) is 6.63. The number of hydrogen-bond acceptors (Lipinski definition) is 13. The van der Waals surface area contributed by atoms with Crippen LogP contribution in [0.4, 0.5) is 5.13 Å². The molecule has 1 atom stereocenters. The van der Waals surface area contributed by atoms with E-state index in [1.807, 2.05) is 0 Å². The fourth-order valence-electron chi connectivity index (χ4n) is 3.59. The van der Waals surface area contributed by atoms with Crippen molar-refractivity contribution in [1.82, 2.24) is 10.0 Å². The number of β-lactam (4-membered cyclic amide) rings is 1. The lowest BCUT2D eigenvalue weighted by atomic mass is 9.74. The lowest BCUT2D eigenvalue weighted by Gasteiger charge is -2.50. The highest BCUT2D eigenvalue weighted by Gasteiger charge is 2.57. The van der Waals surface area contributed by atoms with Gasteiger partial charge in [0, 0.05) is 23.9 Å². The molecule has 1 aromatic carbocycles. The first kappa shape index (κ1) is 35.7. The van der Waals surface area contributed by atoms with Crippen LogP contribution in [0.2, 0.25) is 0 Å². The monoisotopic (exact) mass is 633 g/mol. The first-order valence-electron chi connectivity index (χ1n) is 11.5. The molecule has 15 nitrogen and oxygen atoms in total. The second kappa shape index (κ2) is 15.1. The van der Waals surface area contributed by atoms with Crippen molar-refractivity contribution in [3.63, 3.8) is 0 Å². The van der Waals surface area contributed by atoms with Gasteiger partial charge >= 0.3 is 10.4 Å². The second-order valence-corrected chi connectivity index (χ2v) is 10.6. The third kappa shape index (κ3) is 9.37. The van der Waals surface area contributed by atoms with Gasteiger partial charge in [0.1, 0.15) is 23.9 Å². The first-order valence-corrected chi connectivity index (χ1v) is 13.8. The molecule has 18 heteroatoms. The van der Waals surface area contributed by atoms with E-state index < -0.39 is 33.5 Å². The van der Waals surface area contributed by atoms with Crippen LogP contribution >= 0.6 is 24.8 Å². The molecule has 0 aliphatic carbocycles. The summed E-state index contributed by atoms with van der Waals surface area (Å²) in [6, 6.07) is 6.92. The Morgan fingerprint density at radius 3 is 2.44 bits per heavy atom. The number of hydrogen-bond donors (Lipinski definition) is 4. The molecule has 0 spiro atoms. The van der Waals surface area contributed by atoms with E-state index in [0.717, 1.165) is 16.9 Å². The van der Waals surface area contributed by atoms with Crippen LogP contribution in [-0.2, 0) is 29.1 Å². The molecule has 1 aliphatic rings. The van der Waals surface area contributed by atoms with Gasteiger partial charge in [0.15, 0.2) is 23.2 Å². The molecule has 41 heavy (non-hydrogen) atoms. The SMILES string of the molecule is C.CC1(C)C(CC(=O)/C(=N\OCCOc2ccc(C(N)=NCCN)cc2)c2csc(N)n2)C(=O)N1OS(=O)(=O)O.S. The molecule has 1 aliphatic heterocycles. The number of Topliss-reactive ketones (excluding diaryl/α,β-unsaturated/α-hetero) is 1. The topological polar surface area (TPSA) is 235 Å². The highest BCUT2D eigenvalue weighted by Crippen LogP contribution is 2.40. The summed E-state index contributed by atoms with van der Waals surface area (Å²) in [5.41, 5.74) is 16.5. The maximum Gasteiger partial charge on any atom is 0.418 e. The summed E-state index contributed by atoms with van der Waals surface area (Å²) in [4.78, 5) is 39.0.